The number of aryl methyl sites for hydroxylation is 2. The van der Waals surface area contributed by atoms with Gasteiger partial charge in [0.05, 0.1) is 19.7 Å². The number of nitrogens with zero attached hydrogens (tertiary/aromatic N) is 1. The molecule has 0 aliphatic carbocycles. The number of aromatic nitrogens is 2. The summed E-state index contributed by atoms with van der Waals surface area (Å²) in [6.45, 7) is 3.85. The predicted octanol–water partition coefficient (Wildman–Crippen LogP) is 2.22. The number of ether oxygens (including phenoxy) is 1. The van der Waals surface area contributed by atoms with E-state index in [1.54, 1.807) is 13.3 Å². The predicted molar refractivity (Wildman–Crippen MR) is 73.4 cm³/mol. The molecule has 0 aliphatic rings. The van der Waals surface area contributed by atoms with Crippen molar-refractivity contribution in [3.8, 4) is 5.75 Å². The zero-order chi connectivity index (χ0) is 13.8. The fourth-order valence-electron chi connectivity index (χ4n) is 1.82. The van der Waals surface area contributed by atoms with E-state index in [1.165, 1.54) is 0 Å². The summed E-state index contributed by atoms with van der Waals surface area (Å²) in [5, 5.41) is 9.40. The summed E-state index contributed by atoms with van der Waals surface area (Å²) in [5.41, 5.74) is 2.88. The number of H-pyrrole nitrogens is 1. The van der Waals surface area contributed by atoms with Crippen molar-refractivity contribution in [3.63, 3.8) is 0 Å². The summed E-state index contributed by atoms with van der Waals surface area (Å²) >= 11 is 0. The third kappa shape index (κ3) is 3.13. The summed E-state index contributed by atoms with van der Waals surface area (Å²) in [6.07, 6.45) is 1.97. The number of nitrogens with one attached hydrogen (secondary N) is 2. The molecule has 0 atom stereocenters. The van der Waals surface area contributed by atoms with Gasteiger partial charge in [-0.15, -0.1) is 0 Å². The summed E-state index contributed by atoms with van der Waals surface area (Å²) in [6, 6.07) is 5.76. The number of aromatic amines is 1. The third-order valence-electron chi connectivity index (χ3n) is 2.93. The van der Waals surface area contributed by atoms with Crippen LogP contribution in [0.1, 0.15) is 16.7 Å². The highest BCUT2D eigenvalue weighted by Crippen LogP contribution is 2.19. The van der Waals surface area contributed by atoms with Crippen LogP contribution >= 0.6 is 0 Å². The number of hydrogen-bond acceptors (Lipinski definition) is 3. The molecule has 0 radical (unpaired) electrons. The summed E-state index contributed by atoms with van der Waals surface area (Å²) in [5.74, 6) is 1.35. The van der Waals surface area contributed by atoms with Crippen molar-refractivity contribution in [2.75, 3.05) is 12.4 Å². The quantitative estimate of drug-likeness (QED) is 0.884. The lowest BCUT2D eigenvalue weighted by atomic mass is 10.1. The highest BCUT2D eigenvalue weighted by atomic mass is 16.5. The van der Waals surface area contributed by atoms with Crippen LogP contribution in [-0.2, 0) is 11.2 Å². The molecular formula is C14H17N3O2. The van der Waals surface area contributed by atoms with Crippen molar-refractivity contribution in [1.82, 2.24) is 10.2 Å². The molecule has 100 valence electrons. The lowest BCUT2D eigenvalue weighted by Gasteiger charge is -2.08. The molecule has 0 aliphatic heterocycles. The zero-order valence-electron chi connectivity index (χ0n) is 11.3. The Morgan fingerprint density at radius 3 is 2.79 bits per heavy atom. The molecular weight excluding hydrogens is 242 g/mol. The average molecular weight is 259 g/mol. The van der Waals surface area contributed by atoms with Gasteiger partial charge in [0.15, 0.2) is 0 Å². The van der Waals surface area contributed by atoms with Gasteiger partial charge in [-0.25, -0.2) is 0 Å². The van der Waals surface area contributed by atoms with Crippen molar-refractivity contribution in [2.45, 2.75) is 20.3 Å². The van der Waals surface area contributed by atoms with Crippen molar-refractivity contribution >= 4 is 11.7 Å². The van der Waals surface area contributed by atoms with Crippen LogP contribution in [0.25, 0.3) is 0 Å². The largest absolute Gasteiger partial charge is 0.496 e. The molecule has 0 saturated carbocycles. The van der Waals surface area contributed by atoms with Crippen LogP contribution in [-0.4, -0.2) is 23.2 Å². The van der Waals surface area contributed by atoms with Gasteiger partial charge in [-0.2, -0.15) is 5.10 Å². The van der Waals surface area contributed by atoms with E-state index in [9.17, 15) is 4.79 Å². The first kappa shape index (κ1) is 13.1. The van der Waals surface area contributed by atoms with Gasteiger partial charge in [-0.3, -0.25) is 9.89 Å². The van der Waals surface area contributed by atoms with Crippen molar-refractivity contribution in [3.05, 3.63) is 41.1 Å². The number of methoxy groups -OCH3 is 1. The van der Waals surface area contributed by atoms with Crippen molar-refractivity contribution in [2.24, 2.45) is 0 Å². The van der Waals surface area contributed by atoms with Crippen LogP contribution in [0.2, 0.25) is 0 Å². The fourth-order valence-corrected chi connectivity index (χ4v) is 1.82. The van der Waals surface area contributed by atoms with E-state index in [1.807, 2.05) is 32.0 Å². The number of amides is 1. The van der Waals surface area contributed by atoms with Crippen LogP contribution in [0.15, 0.2) is 24.4 Å². The maximum Gasteiger partial charge on any atom is 0.229 e. The Hall–Kier alpha value is -2.30. The van der Waals surface area contributed by atoms with Gasteiger partial charge >= 0.3 is 0 Å². The number of anilines is 1. The van der Waals surface area contributed by atoms with Gasteiger partial charge in [-0.05, 0) is 31.0 Å². The molecule has 1 amide bonds. The molecule has 5 nitrogen and oxygen atoms in total. The molecule has 2 aromatic rings. The number of benzene rings is 1. The maximum atomic E-state index is 11.9. The molecule has 0 saturated heterocycles. The van der Waals surface area contributed by atoms with Gasteiger partial charge in [0, 0.05) is 5.56 Å². The van der Waals surface area contributed by atoms with E-state index in [-0.39, 0.29) is 5.91 Å². The molecule has 0 spiro atoms. The Kier molecular flexibility index (Phi) is 3.85. The molecule has 19 heavy (non-hydrogen) atoms. The molecule has 1 aromatic heterocycles. The molecule has 2 N–H and O–H groups in total. The fraction of sp³-hybridized carbons (Fsp3) is 0.286. The average Bonchev–Trinajstić information content (AvgIpc) is 2.77. The maximum absolute atomic E-state index is 11.9. The van der Waals surface area contributed by atoms with Crippen molar-refractivity contribution < 1.29 is 9.53 Å². The van der Waals surface area contributed by atoms with Gasteiger partial charge in [0.25, 0.3) is 0 Å². The third-order valence-corrected chi connectivity index (χ3v) is 2.93. The Morgan fingerprint density at radius 2 is 2.16 bits per heavy atom. The van der Waals surface area contributed by atoms with E-state index in [2.05, 4.69) is 15.5 Å². The first-order valence-corrected chi connectivity index (χ1v) is 6.03. The zero-order valence-corrected chi connectivity index (χ0v) is 11.3. The molecule has 0 fully saturated rings. The van der Waals surface area contributed by atoms with E-state index < -0.39 is 0 Å². The van der Waals surface area contributed by atoms with E-state index >= 15 is 0 Å². The number of hydrogen-bond donors (Lipinski definition) is 2. The lowest BCUT2D eigenvalue weighted by Crippen LogP contribution is -2.15. The Morgan fingerprint density at radius 1 is 1.37 bits per heavy atom. The number of carbonyl (C=O) groups is 1. The van der Waals surface area contributed by atoms with Gasteiger partial charge in [0.1, 0.15) is 11.6 Å². The Bertz CT molecular complexity index is 590. The molecule has 1 aromatic carbocycles. The van der Waals surface area contributed by atoms with Gasteiger partial charge < -0.3 is 10.1 Å². The van der Waals surface area contributed by atoms with E-state index in [0.717, 1.165) is 22.4 Å². The topological polar surface area (TPSA) is 67.0 Å². The van der Waals surface area contributed by atoms with Crippen LogP contribution in [0.5, 0.6) is 5.75 Å². The normalized spacial score (nSPS) is 10.3. The highest BCUT2D eigenvalue weighted by molar-refractivity contribution is 5.92. The SMILES string of the molecule is COc1cc(CC(=O)Nc2[nH]ncc2C)ccc1C. The van der Waals surface area contributed by atoms with Crippen molar-refractivity contribution in [1.29, 1.82) is 0 Å². The summed E-state index contributed by atoms with van der Waals surface area (Å²) in [7, 11) is 1.63. The number of rotatable bonds is 4. The summed E-state index contributed by atoms with van der Waals surface area (Å²) in [4.78, 5) is 11.9. The molecule has 5 heteroatoms. The second kappa shape index (κ2) is 5.56. The first-order chi connectivity index (χ1) is 9.10. The Balaban J connectivity index is 2.05. The Labute approximate surface area is 112 Å². The lowest BCUT2D eigenvalue weighted by molar-refractivity contribution is -0.115. The van der Waals surface area contributed by atoms with Crippen LogP contribution in [0, 0.1) is 13.8 Å². The molecule has 0 unspecified atom stereocenters. The summed E-state index contributed by atoms with van der Waals surface area (Å²) < 4.78 is 5.24. The van der Waals surface area contributed by atoms with Crippen LogP contribution in [0.4, 0.5) is 5.82 Å². The van der Waals surface area contributed by atoms with E-state index in [4.69, 9.17) is 4.74 Å². The highest BCUT2D eigenvalue weighted by Gasteiger charge is 2.08. The second-order valence-corrected chi connectivity index (χ2v) is 4.46. The second-order valence-electron chi connectivity index (χ2n) is 4.46. The standard InChI is InChI=1S/C14H17N3O2/c1-9-4-5-11(6-12(9)19-3)7-13(18)16-14-10(2)8-15-17-14/h4-6,8H,7H2,1-3H3,(H2,15,16,17,18). The minimum absolute atomic E-state index is 0.0849. The van der Waals surface area contributed by atoms with Crippen LogP contribution < -0.4 is 10.1 Å². The van der Waals surface area contributed by atoms with Gasteiger partial charge in [0.2, 0.25) is 5.91 Å². The van der Waals surface area contributed by atoms with Crippen LogP contribution in [0.3, 0.4) is 0 Å². The minimum atomic E-state index is -0.0849. The minimum Gasteiger partial charge on any atom is -0.496 e. The first-order valence-electron chi connectivity index (χ1n) is 6.03. The smallest absolute Gasteiger partial charge is 0.229 e. The molecule has 1 heterocycles. The monoisotopic (exact) mass is 259 g/mol. The number of carbonyl (C=O) groups excluding carboxylic acids is 1. The molecule has 0 bridgehead atoms. The van der Waals surface area contributed by atoms with E-state index in [0.29, 0.717) is 12.2 Å². The molecule has 2 rings (SSSR count). The van der Waals surface area contributed by atoms with Gasteiger partial charge in [-0.1, -0.05) is 12.1 Å².